The molecule has 0 aliphatic heterocycles. The fourth-order valence-corrected chi connectivity index (χ4v) is 4.20. The lowest BCUT2D eigenvalue weighted by molar-refractivity contribution is 0.262. The Labute approximate surface area is 178 Å². The van der Waals surface area contributed by atoms with Crippen LogP contribution < -0.4 is 20.9 Å². The second-order valence-corrected chi connectivity index (χ2v) is 8.26. The summed E-state index contributed by atoms with van der Waals surface area (Å²) in [5, 5.41) is 13.7. The van der Waals surface area contributed by atoms with Gasteiger partial charge in [0.15, 0.2) is 9.99 Å². The van der Waals surface area contributed by atoms with Gasteiger partial charge in [-0.25, -0.2) is 9.78 Å². The summed E-state index contributed by atoms with van der Waals surface area (Å²) in [5.74, 6) is 1.68. The molecule has 4 rings (SSSR count). The van der Waals surface area contributed by atoms with Crippen molar-refractivity contribution in [3.63, 3.8) is 0 Å². The first-order chi connectivity index (χ1) is 14.5. The topological polar surface area (TPSA) is 124 Å². The molecule has 0 saturated heterocycles. The molecule has 0 radical (unpaired) electrons. The molecular weight excluding hydrogens is 428 g/mol. The van der Waals surface area contributed by atoms with Crippen molar-refractivity contribution in [3.8, 4) is 5.75 Å². The van der Waals surface area contributed by atoms with E-state index in [2.05, 4.69) is 25.8 Å². The third-order valence-corrected chi connectivity index (χ3v) is 5.83. The fraction of sp³-hybridized carbons (Fsp3) is 0.167. The minimum Gasteiger partial charge on any atom is -0.497 e. The lowest BCUT2D eigenvalue weighted by Gasteiger charge is -2.06. The maximum atomic E-state index is 12.1. The van der Waals surface area contributed by atoms with Crippen molar-refractivity contribution in [3.05, 3.63) is 58.2 Å². The van der Waals surface area contributed by atoms with Gasteiger partial charge in [0.2, 0.25) is 5.13 Å². The zero-order chi connectivity index (χ0) is 21.1. The van der Waals surface area contributed by atoms with Crippen LogP contribution in [-0.2, 0) is 5.75 Å². The molecule has 2 amide bonds. The number of amides is 2. The molecule has 3 aromatic heterocycles. The lowest BCUT2D eigenvalue weighted by atomic mass is 10.3. The normalized spacial score (nSPS) is 10.9. The molecular formula is C18H16N6O4S2. The molecule has 2 N–H and O–H groups in total. The molecule has 0 atom stereocenters. The number of carbonyl (C=O) groups excluding carboxylic acids is 1. The zero-order valence-electron chi connectivity index (χ0n) is 15.9. The van der Waals surface area contributed by atoms with E-state index in [1.807, 2.05) is 0 Å². The van der Waals surface area contributed by atoms with E-state index >= 15 is 0 Å². The average molecular weight is 444 g/mol. The Morgan fingerprint density at radius 1 is 1.27 bits per heavy atom. The van der Waals surface area contributed by atoms with Gasteiger partial charge in [0, 0.05) is 29.6 Å². The Kier molecular flexibility index (Phi) is 5.68. The maximum absolute atomic E-state index is 12.1. The van der Waals surface area contributed by atoms with E-state index in [9.17, 15) is 9.59 Å². The van der Waals surface area contributed by atoms with Crippen LogP contribution in [0.25, 0.3) is 5.65 Å². The Morgan fingerprint density at radius 3 is 2.97 bits per heavy atom. The molecule has 3 heterocycles. The first kappa shape index (κ1) is 19.9. The number of rotatable bonds is 6. The van der Waals surface area contributed by atoms with Crippen LogP contribution in [0, 0.1) is 6.92 Å². The molecule has 0 bridgehead atoms. The van der Waals surface area contributed by atoms with Gasteiger partial charge in [-0.1, -0.05) is 29.2 Å². The highest BCUT2D eigenvalue weighted by Gasteiger charge is 2.11. The van der Waals surface area contributed by atoms with Gasteiger partial charge in [-0.05, 0) is 19.1 Å². The van der Waals surface area contributed by atoms with E-state index < -0.39 is 6.03 Å². The first-order valence-electron chi connectivity index (χ1n) is 8.68. The Morgan fingerprint density at radius 2 is 2.13 bits per heavy atom. The Balaban J connectivity index is 1.36. The number of ether oxygens (including phenoxy) is 1. The number of fused-ring (bicyclic) bond motifs is 1. The predicted molar refractivity (Wildman–Crippen MR) is 114 cm³/mol. The van der Waals surface area contributed by atoms with Gasteiger partial charge in [-0.3, -0.25) is 10.1 Å². The summed E-state index contributed by atoms with van der Waals surface area (Å²) < 4.78 is 12.2. The number of benzene rings is 1. The molecule has 0 unspecified atom stereocenters. The van der Waals surface area contributed by atoms with Crippen LogP contribution >= 0.6 is 23.1 Å². The molecule has 10 nitrogen and oxygen atoms in total. The van der Waals surface area contributed by atoms with Gasteiger partial charge in [-0.15, -0.1) is 14.8 Å². The summed E-state index contributed by atoms with van der Waals surface area (Å²) in [7, 11) is 1.56. The first-order valence-corrected chi connectivity index (χ1v) is 10.5. The van der Waals surface area contributed by atoms with Crippen LogP contribution in [0.2, 0.25) is 0 Å². The van der Waals surface area contributed by atoms with E-state index in [0.717, 1.165) is 4.57 Å². The van der Waals surface area contributed by atoms with Gasteiger partial charge in [0.1, 0.15) is 11.5 Å². The number of thioether (sulfide) groups is 1. The molecule has 0 aliphatic rings. The number of methoxy groups -OCH3 is 1. The lowest BCUT2D eigenvalue weighted by Crippen LogP contribution is -2.19. The third kappa shape index (κ3) is 4.60. The minimum atomic E-state index is -0.438. The molecule has 0 saturated carbocycles. The molecule has 154 valence electrons. The van der Waals surface area contributed by atoms with Crippen LogP contribution in [0.5, 0.6) is 5.75 Å². The third-order valence-electron chi connectivity index (χ3n) is 3.82. The van der Waals surface area contributed by atoms with E-state index in [1.54, 1.807) is 44.4 Å². The Hall–Kier alpha value is -3.38. The van der Waals surface area contributed by atoms with Gasteiger partial charge in [-0.2, -0.15) is 0 Å². The van der Waals surface area contributed by atoms with E-state index in [0.29, 0.717) is 43.8 Å². The van der Waals surface area contributed by atoms with Gasteiger partial charge in [0.05, 0.1) is 12.8 Å². The molecule has 0 aliphatic carbocycles. The number of aryl methyl sites for hydroxylation is 1. The van der Waals surface area contributed by atoms with Crippen LogP contribution in [0.15, 0.2) is 50.1 Å². The molecule has 1 aromatic carbocycles. The van der Waals surface area contributed by atoms with Gasteiger partial charge in [0.25, 0.3) is 5.56 Å². The number of hydrogen-bond donors (Lipinski definition) is 2. The monoisotopic (exact) mass is 444 g/mol. The highest BCUT2D eigenvalue weighted by Crippen LogP contribution is 2.28. The number of hydrogen-bond acceptors (Lipinski definition) is 9. The van der Waals surface area contributed by atoms with Crippen LogP contribution in [0.3, 0.4) is 0 Å². The quantitative estimate of drug-likeness (QED) is 0.343. The SMILES string of the molecule is COc1cccc(NC(=O)Nc2nnc(SCc3cc(=O)n4oc(C)cc4n3)s2)c1. The van der Waals surface area contributed by atoms with Gasteiger partial charge >= 0.3 is 6.03 Å². The molecule has 30 heavy (non-hydrogen) atoms. The largest absolute Gasteiger partial charge is 0.497 e. The van der Waals surface area contributed by atoms with Crippen molar-refractivity contribution >= 4 is 45.6 Å². The standard InChI is InChI=1S/C18H16N6O4S2/c1-10-6-14-19-12(8-15(25)24(14)28-10)9-29-18-23-22-17(30-18)21-16(26)20-11-4-3-5-13(7-11)27-2/h3-8H,9H2,1-2H3,(H2,20,21,22,26). The fourth-order valence-electron chi connectivity index (χ4n) is 2.56. The highest BCUT2D eigenvalue weighted by molar-refractivity contribution is 8.00. The summed E-state index contributed by atoms with van der Waals surface area (Å²) in [4.78, 5) is 28.6. The second kappa shape index (κ2) is 8.55. The van der Waals surface area contributed by atoms with Gasteiger partial charge < -0.3 is 14.6 Å². The van der Waals surface area contributed by atoms with Crippen molar-refractivity contribution in [2.24, 2.45) is 0 Å². The van der Waals surface area contributed by atoms with Crippen LogP contribution in [0.1, 0.15) is 11.5 Å². The van der Waals surface area contributed by atoms with Crippen molar-refractivity contribution < 1.29 is 14.1 Å². The van der Waals surface area contributed by atoms with Crippen molar-refractivity contribution in [1.82, 2.24) is 19.8 Å². The second-order valence-electron chi connectivity index (χ2n) is 6.06. The summed E-state index contributed by atoms with van der Waals surface area (Å²) in [6, 6.07) is 9.69. The number of nitrogens with one attached hydrogen (secondary N) is 2. The zero-order valence-corrected chi connectivity index (χ0v) is 17.5. The summed E-state index contributed by atoms with van der Waals surface area (Å²) in [6.45, 7) is 1.75. The highest BCUT2D eigenvalue weighted by atomic mass is 32.2. The maximum Gasteiger partial charge on any atom is 0.325 e. The van der Waals surface area contributed by atoms with Crippen LogP contribution in [0.4, 0.5) is 15.6 Å². The van der Waals surface area contributed by atoms with E-state index in [4.69, 9.17) is 9.26 Å². The van der Waals surface area contributed by atoms with Crippen molar-refractivity contribution in [1.29, 1.82) is 0 Å². The molecule has 0 spiro atoms. The average Bonchev–Trinajstić information content (AvgIpc) is 3.32. The number of nitrogens with zero attached hydrogens (tertiary/aromatic N) is 4. The molecule has 12 heteroatoms. The number of carbonyl (C=O) groups is 1. The van der Waals surface area contributed by atoms with E-state index in [1.165, 1.54) is 29.2 Å². The van der Waals surface area contributed by atoms with E-state index in [-0.39, 0.29) is 5.56 Å². The summed E-state index contributed by atoms with van der Waals surface area (Å²) in [6.07, 6.45) is 0. The molecule has 4 aromatic rings. The number of anilines is 2. The minimum absolute atomic E-state index is 0.280. The number of aromatic nitrogens is 4. The summed E-state index contributed by atoms with van der Waals surface area (Å²) >= 11 is 2.59. The van der Waals surface area contributed by atoms with Crippen LogP contribution in [-0.4, -0.2) is 32.9 Å². The predicted octanol–water partition coefficient (Wildman–Crippen LogP) is 3.39. The molecule has 0 fully saturated rings. The number of urea groups is 1. The smallest absolute Gasteiger partial charge is 0.325 e. The Bertz CT molecular complexity index is 1270. The van der Waals surface area contributed by atoms with Crippen molar-refractivity contribution in [2.75, 3.05) is 17.7 Å². The summed E-state index contributed by atoms with van der Waals surface area (Å²) in [5.41, 5.74) is 1.38. The van der Waals surface area contributed by atoms with Crippen molar-refractivity contribution in [2.45, 2.75) is 17.0 Å².